The molecule has 1 saturated heterocycles. The quantitative estimate of drug-likeness (QED) is 0.263. The van der Waals surface area contributed by atoms with Gasteiger partial charge in [0.15, 0.2) is 5.96 Å². The summed E-state index contributed by atoms with van der Waals surface area (Å²) in [6.45, 7) is 5.69. The van der Waals surface area contributed by atoms with Crippen molar-refractivity contribution < 1.29 is 14.3 Å². The molecule has 8 heteroatoms. The summed E-state index contributed by atoms with van der Waals surface area (Å²) in [6, 6.07) is 0.208. The van der Waals surface area contributed by atoms with E-state index in [1.807, 2.05) is 18.7 Å². The number of esters is 1. The van der Waals surface area contributed by atoms with Crippen molar-refractivity contribution in [3.63, 3.8) is 0 Å². The Morgan fingerprint density at radius 2 is 1.92 bits per heavy atom. The average Bonchev–Trinajstić information content (AvgIpc) is 3.24. The first kappa shape index (κ1) is 23.0. The van der Waals surface area contributed by atoms with Crippen molar-refractivity contribution in [2.24, 2.45) is 10.9 Å². The van der Waals surface area contributed by atoms with Crippen LogP contribution in [-0.4, -0.2) is 61.6 Å². The van der Waals surface area contributed by atoms with Crippen LogP contribution < -0.4 is 10.6 Å². The molecule has 1 aliphatic carbocycles. The summed E-state index contributed by atoms with van der Waals surface area (Å²) in [5.41, 5.74) is 0. The highest BCUT2D eigenvalue weighted by Crippen LogP contribution is 2.27. The van der Waals surface area contributed by atoms with Gasteiger partial charge < -0.3 is 20.3 Å². The Hall–Kier alpha value is -1.06. The Kier molecular flexibility index (Phi) is 10.3. The number of nitrogens with zero attached hydrogens (tertiary/aromatic N) is 2. The summed E-state index contributed by atoms with van der Waals surface area (Å²) >= 11 is 0. The third-order valence-electron chi connectivity index (χ3n) is 4.76. The van der Waals surface area contributed by atoms with E-state index in [2.05, 4.69) is 15.6 Å². The second kappa shape index (κ2) is 11.6. The van der Waals surface area contributed by atoms with Crippen LogP contribution >= 0.6 is 24.0 Å². The molecule has 0 radical (unpaired) electrons. The van der Waals surface area contributed by atoms with Crippen molar-refractivity contribution in [1.29, 1.82) is 0 Å². The van der Waals surface area contributed by atoms with Crippen molar-refractivity contribution in [1.82, 2.24) is 15.5 Å². The van der Waals surface area contributed by atoms with Crippen molar-refractivity contribution in [2.45, 2.75) is 64.5 Å². The maximum atomic E-state index is 12.5. The van der Waals surface area contributed by atoms with E-state index >= 15 is 0 Å². The summed E-state index contributed by atoms with van der Waals surface area (Å²) in [5.74, 6) is 1.01. The molecule has 2 N–H and O–H groups in total. The van der Waals surface area contributed by atoms with E-state index in [1.165, 1.54) is 12.8 Å². The van der Waals surface area contributed by atoms with Crippen LogP contribution in [0.4, 0.5) is 0 Å². The number of amides is 1. The second-order valence-electron chi connectivity index (χ2n) is 7.18. The number of hydrogen-bond acceptors (Lipinski definition) is 4. The fourth-order valence-corrected chi connectivity index (χ4v) is 3.50. The maximum Gasteiger partial charge on any atom is 0.307 e. The number of halogens is 1. The van der Waals surface area contributed by atoms with E-state index in [-0.39, 0.29) is 48.0 Å². The van der Waals surface area contributed by atoms with Crippen LogP contribution in [0.15, 0.2) is 4.99 Å². The van der Waals surface area contributed by atoms with Crippen molar-refractivity contribution in [3.8, 4) is 0 Å². The Morgan fingerprint density at radius 1 is 1.23 bits per heavy atom. The van der Waals surface area contributed by atoms with Gasteiger partial charge in [0.2, 0.25) is 5.91 Å². The summed E-state index contributed by atoms with van der Waals surface area (Å²) in [4.78, 5) is 30.2. The fraction of sp³-hybridized carbons (Fsp3) is 0.833. The zero-order valence-electron chi connectivity index (χ0n) is 16.1. The molecule has 26 heavy (non-hydrogen) atoms. The van der Waals surface area contributed by atoms with Crippen LogP contribution in [0.5, 0.6) is 0 Å². The predicted molar refractivity (Wildman–Crippen MR) is 113 cm³/mol. The second-order valence-corrected chi connectivity index (χ2v) is 7.18. The molecule has 1 heterocycles. The SMILES string of the molecule is CN=C(NCCC(=O)OC(C)C)NC1CCN(C(=O)C2CCCC2)C1.I. The van der Waals surface area contributed by atoms with Gasteiger partial charge in [-0.1, -0.05) is 12.8 Å². The zero-order valence-corrected chi connectivity index (χ0v) is 18.5. The molecule has 0 aromatic heterocycles. The van der Waals surface area contributed by atoms with Gasteiger partial charge in [-0.3, -0.25) is 14.6 Å². The highest BCUT2D eigenvalue weighted by atomic mass is 127. The van der Waals surface area contributed by atoms with E-state index in [9.17, 15) is 9.59 Å². The van der Waals surface area contributed by atoms with Gasteiger partial charge in [0.05, 0.1) is 12.5 Å². The molecule has 2 fully saturated rings. The molecule has 2 rings (SSSR count). The Bertz CT molecular complexity index is 493. The van der Waals surface area contributed by atoms with E-state index in [0.29, 0.717) is 24.8 Å². The number of rotatable bonds is 6. The lowest BCUT2D eigenvalue weighted by Gasteiger charge is -2.21. The number of likely N-dealkylation sites (tertiary alicyclic amines) is 1. The van der Waals surface area contributed by atoms with Crippen LogP contribution in [0.3, 0.4) is 0 Å². The van der Waals surface area contributed by atoms with Crippen LogP contribution in [0.1, 0.15) is 52.4 Å². The number of carbonyl (C=O) groups is 2. The minimum absolute atomic E-state index is 0. The van der Waals surface area contributed by atoms with Gasteiger partial charge in [0.25, 0.3) is 0 Å². The first-order valence-electron chi connectivity index (χ1n) is 9.45. The van der Waals surface area contributed by atoms with Crippen LogP contribution in [0, 0.1) is 5.92 Å². The number of carbonyl (C=O) groups excluding carboxylic acids is 2. The lowest BCUT2D eigenvalue weighted by Crippen LogP contribution is -2.45. The van der Waals surface area contributed by atoms with Gasteiger partial charge in [-0.2, -0.15) is 0 Å². The lowest BCUT2D eigenvalue weighted by molar-refractivity contribution is -0.147. The molecule has 2 aliphatic rings. The smallest absolute Gasteiger partial charge is 0.307 e. The first-order chi connectivity index (χ1) is 12.0. The molecule has 1 aliphatic heterocycles. The molecule has 1 saturated carbocycles. The average molecular weight is 480 g/mol. The zero-order chi connectivity index (χ0) is 18.2. The van der Waals surface area contributed by atoms with Crippen LogP contribution in [-0.2, 0) is 14.3 Å². The molecule has 150 valence electrons. The molecular weight excluding hydrogens is 447 g/mol. The van der Waals surface area contributed by atoms with E-state index in [1.54, 1.807) is 7.05 Å². The largest absolute Gasteiger partial charge is 0.463 e. The summed E-state index contributed by atoms with van der Waals surface area (Å²) in [6.07, 6.45) is 5.59. The number of guanidine groups is 1. The van der Waals surface area contributed by atoms with Gasteiger partial charge in [-0.15, -0.1) is 24.0 Å². The van der Waals surface area contributed by atoms with Gasteiger partial charge in [0, 0.05) is 38.6 Å². The van der Waals surface area contributed by atoms with Gasteiger partial charge in [0.1, 0.15) is 0 Å². The highest BCUT2D eigenvalue weighted by Gasteiger charge is 2.32. The predicted octanol–water partition coefficient (Wildman–Crippen LogP) is 1.90. The normalized spacial score (nSPS) is 20.8. The van der Waals surface area contributed by atoms with Crippen molar-refractivity contribution in [3.05, 3.63) is 0 Å². The molecule has 1 amide bonds. The molecule has 0 aromatic carbocycles. The number of aliphatic imine (C=N–C) groups is 1. The van der Waals surface area contributed by atoms with E-state index in [0.717, 1.165) is 32.4 Å². The van der Waals surface area contributed by atoms with E-state index in [4.69, 9.17) is 4.74 Å². The standard InChI is InChI=1S/C18H32N4O3.HI/c1-13(2)25-16(23)8-10-20-18(19-3)21-15-9-11-22(12-15)17(24)14-6-4-5-7-14;/h13-15H,4-12H2,1-3H3,(H2,19,20,21);1H. The first-order valence-corrected chi connectivity index (χ1v) is 9.45. The number of nitrogens with one attached hydrogen (secondary N) is 2. The monoisotopic (exact) mass is 480 g/mol. The molecule has 0 bridgehead atoms. The maximum absolute atomic E-state index is 12.5. The topological polar surface area (TPSA) is 83.0 Å². The third kappa shape index (κ3) is 7.28. The minimum atomic E-state index is -0.216. The number of ether oxygens (including phenoxy) is 1. The molecule has 0 spiro atoms. The van der Waals surface area contributed by atoms with Gasteiger partial charge >= 0.3 is 5.97 Å². The van der Waals surface area contributed by atoms with Crippen LogP contribution in [0.2, 0.25) is 0 Å². The lowest BCUT2D eigenvalue weighted by atomic mass is 10.1. The van der Waals surface area contributed by atoms with E-state index < -0.39 is 0 Å². The third-order valence-corrected chi connectivity index (χ3v) is 4.76. The molecule has 1 unspecified atom stereocenters. The Balaban J connectivity index is 0.00000338. The van der Waals surface area contributed by atoms with Crippen molar-refractivity contribution in [2.75, 3.05) is 26.7 Å². The summed E-state index contributed by atoms with van der Waals surface area (Å²) < 4.78 is 5.10. The summed E-state index contributed by atoms with van der Waals surface area (Å²) in [7, 11) is 1.71. The van der Waals surface area contributed by atoms with Gasteiger partial charge in [-0.25, -0.2) is 0 Å². The molecular formula is C18H33IN4O3. The molecule has 1 atom stereocenters. The van der Waals surface area contributed by atoms with Gasteiger partial charge in [-0.05, 0) is 33.1 Å². The summed E-state index contributed by atoms with van der Waals surface area (Å²) in [5, 5.41) is 6.48. The Labute approximate surface area is 173 Å². The molecule has 7 nitrogen and oxygen atoms in total. The molecule has 0 aromatic rings. The van der Waals surface area contributed by atoms with Crippen molar-refractivity contribution >= 4 is 41.8 Å². The fourth-order valence-electron chi connectivity index (χ4n) is 3.50. The number of hydrogen-bond donors (Lipinski definition) is 2. The minimum Gasteiger partial charge on any atom is -0.463 e. The van der Waals surface area contributed by atoms with Crippen LogP contribution in [0.25, 0.3) is 0 Å². The highest BCUT2D eigenvalue weighted by molar-refractivity contribution is 14.0. The Morgan fingerprint density at radius 3 is 2.54 bits per heavy atom.